The van der Waals surface area contributed by atoms with Crippen LogP contribution in [0.2, 0.25) is 0 Å². The Hall–Kier alpha value is -1.77. The molecule has 1 aromatic carbocycles. The Kier molecular flexibility index (Phi) is 3.08. The fourth-order valence-electron chi connectivity index (χ4n) is 3.35. The summed E-state index contributed by atoms with van der Waals surface area (Å²) in [6, 6.07) is 8.68. The third-order valence-corrected chi connectivity index (χ3v) is 4.69. The first kappa shape index (κ1) is 13.2. The van der Waals surface area contributed by atoms with E-state index in [4.69, 9.17) is 0 Å². The topological polar surface area (TPSA) is 42.2 Å². The molecule has 1 aromatic heterocycles. The number of hydrogen-bond donors (Lipinski definition) is 1. The highest BCUT2D eigenvalue weighted by Gasteiger charge is 2.31. The first-order chi connectivity index (χ1) is 9.51. The predicted octanol–water partition coefficient (Wildman–Crippen LogP) is 4.12. The van der Waals surface area contributed by atoms with Gasteiger partial charge in [-0.3, -0.25) is 4.79 Å². The van der Waals surface area contributed by atoms with Crippen LogP contribution in [0.5, 0.6) is 0 Å². The molecule has 1 fully saturated rings. The minimum atomic E-state index is -0.860. The molecule has 0 spiro atoms. The second kappa shape index (κ2) is 4.65. The predicted molar refractivity (Wildman–Crippen MR) is 80.1 cm³/mol. The number of nitrogens with zero attached hydrogens (tertiary/aromatic N) is 1. The largest absolute Gasteiger partial charge is 0.481 e. The van der Waals surface area contributed by atoms with E-state index < -0.39 is 11.4 Å². The quantitative estimate of drug-likeness (QED) is 0.912. The number of fused-ring (bicyclic) bond motifs is 1. The monoisotopic (exact) mass is 271 g/mol. The molecule has 0 amide bonds. The molecule has 3 nitrogen and oxygen atoms in total. The minimum Gasteiger partial charge on any atom is -0.481 e. The first-order valence-electron chi connectivity index (χ1n) is 7.35. The molecule has 1 saturated carbocycles. The molecule has 106 valence electrons. The number of carboxylic acids is 1. The lowest BCUT2D eigenvalue weighted by atomic mass is 9.83. The van der Waals surface area contributed by atoms with E-state index in [-0.39, 0.29) is 0 Å². The van der Waals surface area contributed by atoms with E-state index in [1.807, 2.05) is 12.1 Å². The summed E-state index contributed by atoms with van der Waals surface area (Å²) < 4.78 is 2.34. The summed E-state index contributed by atoms with van der Waals surface area (Å²) in [7, 11) is 0. The Balaban J connectivity index is 2.15. The van der Waals surface area contributed by atoms with Gasteiger partial charge < -0.3 is 9.67 Å². The Morgan fingerprint density at radius 3 is 2.60 bits per heavy atom. The van der Waals surface area contributed by atoms with Gasteiger partial charge in [0, 0.05) is 23.1 Å². The summed E-state index contributed by atoms with van der Waals surface area (Å²) in [5.74, 6) is -0.779. The maximum Gasteiger partial charge on any atom is 0.313 e. The van der Waals surface area contributed by atoms with Gasteiger partial charge in [-0.15, -0.1) is 0 Å². The fourth-order valence-corrected chi connectivity index (χ4v) is 3.35. The summed E-state index contributed by atoms with van der Waals surface area (Å²) >= 11 is 0. The van der Waals surface area contributed by atoms with Crippen molar-refractivity contribution in [3.63, 3.8) is 0 Å². The highest BCUT2D eigenvalue weighted by atomic mass is 16.4. The van der Waals surface area contributed by atoms with Crippen LogP contribution in [0.25, 0.3) is 10.9 Å². The normalized spacial score (nSPS) is 16.9. The van der Waals surface area contributed by atoms with E-state index in [2.05, 4.69) is 22.9 Å². The summed E-state index contributed by atoms with van der Waals surface area (Å²) in [5.41, 5.74) is 1.21. The summed E-state index contributed by atoms with van der Waals surface area (Å²) in [5, 5.41) is 10.5. The van der Waals surface area contributed by atoms with Crippen LogP contribution < -0.4 is 0 Å². The summed E-state index contributed by atoms with van der Waals surface area (Å²) in [4.78, 5) is 11.5. The molecule has 3 rings (SSSR count). The number of aliphatic carboxylic acids is 1. The third-order valence-electron chi connectivity index (χ3n) is 4.69. The Morgan fingerprint density at radius 1 is 1.25 bits per heavy atom. The maximum atomic E-state index is 11.5. The van der Waals surface area contributed by atoms with Gasteiger partial charge in [-0.25, -0.2) is 0 Å². The third kappa shape index (κ3) is 1.92. The van der Waals surface area contributed by atoms with Gasteiger partial charge in [0.1, 0.15) is 0 Å². The molecule has 2 aromatic rings. The van der Waals surface area contributed by atoms with E-state index in [0.29, 0.717) is 6.04 Å². The van der Waals surface area contributed by atoms with Crippen molar-refractivity contribution < 1.29 is 9.90 Å². The lowest BCUT2D eigenvalue weighted by Gasteiger charge is -2.21. The average Bonchev–Trinajstić information content (AvgIpc) is 3.06. The summed E-state index contributed by atoms with van der Waals surface area (Å²) in [6.45, 7) is 3.55. The van der Waals surface area contributed by atoms with Crippen LogP contribution in [0.4, 0.5) is 0 Å². The molecule has 0 unspecified atom stereocenters. The molecule has 0 bridgehead atoms. The van der Waals surface area contributed by atoms with Crippen LogP contribution in [-0.4, -0.2) is 15.6 Å². The number of hydrogen-bond acceptors (Lipinski definition) is 1. The van der Waals surface area contributed by atoms with Gasteiger partial charge in [0.25, 0.3) is 0 Å². The molecular formula is C17H21NO2. The zero-order chi connectivity index (χ0) is 14.3. The lowest BCUT2D eigenvalue weighted by Crippen LogP contribution is -2.28. The van der Waals surface area contributed by atoms with Gasteiger partial charge in [-0.1, -0.05) is 25.0 Å². The second-order valence-corrected chi connectivity index (χ2v) is 6.33. The molecule has 1 aliphatic carbocycles. The van der Waals surface area contributed by atoms with E-state index >= 15 is 0 Å². The number of carbonyl (C=O) groups is 1. The van der Waals surface area contributed by atoms with Crippen molar-refractivity contribution >= 4 is 16.9 Å². The second-order valence-electron chi connectivity index (χ2n) is 6.33. The van der Waals surface area contributed by atoms with Gasteiger partial charge in [0.2, 0.25) is 0 Å². The van der Waals surface area contributed by atoms with Crippen molar-refractivity contribution in [2.75, 3.05) is 0 Å². The molecular weight excluding hydrogens is 250 g/mol. The Bertz CT molecular complexity index is 648. The van der Waals surface area contributed by atoms with Crippen molar-refractivity contribution in [3.05, 3.63) is 36.0 Å². The lowest BCUT2D eigenvalue weighted by molar-refractivity contribution is -0.142. The van der Waals surface area contributed by atoms with Crippen molar-refractivity contribution in [2.45, 2.75) is 51.0 Å². The Labute approximate surface area is 119 Å². The summed E-state index contributed by atoms with van der Waals surface area (Å²) in [6.07, 6.45) is 7.18. The van der Waals surface area contributed by atoms with Crippen molar-refractivity contribution in [2.24, 2.45) is 0 Å². The van der Waals surface area contributed by atoms with Crippen LogP contribution in [0.1, 0.15) is 51.1 Å². The molecule has 0 aliphatic heterocycles. The molecule has 3 heteroatoms. The SMILES string of the molecule is CC(C)(C(=O)O)c1cccc2c1ccn2C1CCCC1. The van der Waals surface area contributed by atoms with Crippen LogP contribution in [0, 0.1) is 0 Å². The molecule has 0 saturated heterocycles. The van der Waals surface area contributed by atoms with Gasteiger partial charge in [-0.05, 0) is 44.4 Å². The van der Waals surface area contributed by atoms with Crippen LogP contribution in [-0.2, 0) is 10.2 Å². The van der Waals surface area contributed by atoms with E-state index in [1.165, 1.54) is 31.2 Å². The van der Waals surface area contributed by atoms with Crippen molar-refractivity contribution in [1.29, 1.82) is 0 Å². The van der Waals surface area contributed by atoms with Crippen LogP contribution in [0.3, 0.4) is 0 Å². The highest BCUT2D eigenvalue weighted by Crippen LogP contribution is 2.36. The van der Waals surface area contributed by atoms with Gasteiger partial charge in [0.05, 0.1) is 5.41 Å². The molecule has 1 aliphatic rings. The van der Waals surface area contributed by atoms with Crippen LogP contribution >= 0.6 is 0 Å². The van der Waals surface area contributed by atoms with E-state index in [0.717, 1.165) is 10.9 Å². The van der Waals surface area contributed by atoms with Crippen LogP contribution in [0.15, 0.2) is 30.5 Å². The fraction of sp³-hybridized carbons (Fsp3) is 0.471. The standard InChI is InChI=1S/C17H21NO2/c1-17(2,16(19)20)14-8-5-9-15-13(14)10-11-18(15)12-6-3-4-7-12/h5,8-12H,3-4,6-7H2,1-2H3,(H,19,20). The molecule has 0 atom stereocenters. The first-order valence-corrected chi connectivity index (χ1v) is 7.35. The zero-order valence-electron chi connectivity index (χ0n) is 12.1. The van der Waals surface area contributed by atoms with Crippen molar-refractivity contribution in [1.82, 2.24) is 4.57 Å². The van der Waals surface area contributed by atoms with Gasteiger partial charge in [-0.2, -0.15) is 0 Å². The molecule has 0 radical (unpaired) electrons. The number of rotatable bonds is 3. The van der Waals surface area contributed by atoms with Gasteiger partial charge >= 0.3 is 5.97 Å². The highest BCUT2D eigenvalue weighted by molar-refractivity contribution is 5.91. The number of benzene rings is 1. The minimum absolute atomic E-state index is 0.579. The maximum absolute atomic E-state index is 11.5. The zero-order valence-corrected chi connectivity index (χ0v) is 12.1. The smallest absolute Gasteiger partial charge is 0.313 e. The molecule has 1 heterocycles. The number of aromatic nitrogens is 1. The van der Waals surface area contributed by atoms with E-state index in [9.17, 15) is 9.90 Å². The number of carboxylic acid groups (broad SMARTS) is 1. The van der Waals surface area contributed by atoms with Crippen molar-refractivity contribution in [3.8, 4) is 0 Å². The molecule has 1 N–H and O–H groups in total. The molecule has 20 heavy (non-hydrogen) atoms. The Morgan fingerprint density at radius 2 is 1.95 bits per heavy atom. The average molecular weight is 271 g/mol. The van der Waals surface area contributed by atoms with E-state index in [1.54, 1.807) is 13.8 Å². The van der Waals surface area contributed by atoms with Gasteiger partial charge in [0.15, 0.2) is 0 Å².